The fraction of sp³-hybridized carbons (Fsp3) is 0.632. The monoisotopic (exact) mass is 460 g/mol. The molecular formula is C19H33IN4O. The van der Waals surface area contributed by atoms with Crippen LogP contribution in [0.3, 0.4) is 0 Å². The number of aliphatic imine (C=N–C) groups is 1. The molecule has 0 saturated carbocycles. The number of benzene rings is 1. The molecular weight excluding hydrogens is 427 g/mol. The number of halogens is 1. The van der Waals surface area contributed by atoms with E-state index in [0.29, 0.717) is 12.6 Å². The van der Waals surface area contributed by atoms with E-state index >= 15 is 0 Å². The summed E-state index contributed by atoms with van der Waals surface area (Å²) in [4.78, 5) is 7.26. The number of ether oxygens (including phenoxy) is 1. The van der Waals surface area contributed by atoms with Crippen molar-refractivity contribution in [3.8, 4) is 0 Å². The molecule has 0 radical (unpaired) electrons. The average Bonchev–Trinajstić information content (AvgIpc) is 3.04. The summed E-state index contributed by atoms with van der Waals surface area (Å²) in [6, 6.07) is 9.00. The molecule has 142 valence electrons. The summed E-state index contributed by atoms with van der Waals surface area (Å²) < 4.78 is 5.22. The van der Waals surface area contributed by atoms with Crippen LogP contribution in [0.2, 0.25) is 0 Å². The quantitative estimate of drug-likeness (QED) is 0.356. The van der Waals surface area contributed by atoms with Crippen molar-refractivity contribution in [1.29, 1.82) is 0 Å². The van der Waals surface area contributed by atoms with E-state index in [4.69, 9.17) is 9.73 Å². The molecule has 1 unspecified atom stereocenters. The molecule has 0 amide bonds. The van der Waals surface area contributed by atoms with Gasteiger partial charge in [-0.15, -0.1) is 24.0 Å². The smallest absolute Gasteiger partial charge is 0.191 e. The third-order valence-corrected chi connectivity index (χ3v) is 4.60. The summed E-state index contributed by atoms with van der Waals surface area (Å²) in [5, 5.41) is 6.87. The van der Waals surface area contributed by atoms with Crippen molar-refractivity contribution < 1.29 is 4.74 Å². The van der Waals surface area contributed by atoms with Crippen LogP contribution in [-0.2, 0) is 11.3 Å². The van der Waals surface area contributed by atoms with Crippen LogP contribution >= 0.6 is 24.0 Å². The number of nitrogens with one attached hydrogen (secondary N) is 2. The first kappa shape index (κ1) is 22.2. The standard InChI is InChI=1S/C19H32N4O.HI/c1-4-20-19(21-14-17-9-6-5-8-16(17)2)22-15-18-10-7-11-23(18)12-13-24-3;/h5-6,8-9,18H,4,7,10-15H2,1-3H3,(H2,20,21,22);1H. The predicted octanol–water partition coefficient (Wildman–Crippen LogP) is 2.78. The van der Waals surface area contributed by atoms with Crippen molar-refractivity contribution in [2.24, 2.45) is 4.99 Å². The maximum Gasteiger partial charge on any atom is 0.191 e. The van der Waals surface area contributed by atoms with Gasteiger partial charge in [-0.25, -0.2) is 4.99 Å². The van der Waals surface area contributed by atoms with Crippen LogP contribution in [0, 0.1) is 6.92 Å². The molecule has 2 rings (SSSR count). The molecule has 1 aliphatic heterocycles. The second-order valence-electron chi connectivity index (χ2n) is 6.33. The first-order valence-corrected chi connectivity index (χ1v) is 9.04. The third kappa shape index (κ3) is 7.50. The Bertz CT molecular complexity index is 524. The topological polar surface area (TPSA) is 48.9 Å². The second-order valence-corrected chi connectivity index (χ2v) is 6.33. The molecule has 1 aromatic rings. The molecule has 0 spiro atoms. The molecule has 1 atom stereocenters. The minimum Gasteiger partial charge on any atom is -0.383 e. The maximum absolute atomic E-state index is 5.22. The van der Waals surface area contributed by atoms with Gasteiger partial charge >= 0.3 is 0 Å². The van der Waals surface area contributed by atoms with Gasteiger partial charge in [0.25, 0.3) is 0 Å². The van der Waals surface area contributed by atoms with Crippen molar-refractivity contribution in [2.75, 3.05) is 39.9 Å². The molecule has 6 heteroatoms. The number of guanidine groups is 1. The largest absolute Gasteiger partial charge is 0.383 e. The van der Waals surface area contributed by atoms with E-state index in [1.807, 2.05) is 0 Å². The lowest BCUT2D eigenvalue weighted by atomic mass is 10.1. The zero-order chi connectivity index (χ0) is 17.2. The predicted molar refractivity (Wildman–Crippen MR) is 116 cm³/mol. The van der Waals surface area contributed by atoms with E-state index in [0.717, 1.165) is 32.2 Å². The normalized spacial score (nSPS) is 18.0. The number of nitrogens with zero attached hydrogens (tertiary/aromatic N) is 2. The lowest BCUT2D eigenvalue weighted by Gasteiger charge is -2.25. The highest BCUT2D eigenvalue weighted by Crippen LogP contribution is 2.15. The van der Waals surface area contributed by atoms with Gasteiger partial charge in [-0.3, -0.25) is 4.90 Å². The van der Waals surface area contributed by atoms with Crippen LogP contribution < -0.4 is 10.6 Å². The molecule has 0 aromatic heterocycles. The van der Waals surface area contributed by atoms with E-state index in [9.17, 15) is 0 Å². The zero-order valence-electron chi connectivity index (χ0n) is 15.8. The molecule has 2 N–H and O–H groups in total. The molecule has 25 heavy (non-hydrogen) atoms. The van der Waals surface area contributed by atoms with Gasteiger partial charge in [0.1, 0.15) is 0 Å². The Balaban J connectivity index is 0.00000312. The van der Waals surface area contributed by atoms with Gasteiger partial charge in [-0.05, 0) is 44.4 Å². The highest BCUT2D eigenvalue weighted by atomic mass is 127. The molecule has 0 aliphatic carbocycles. The minimum atomic E-state index is 0. The van der Waals surface area contributed by atoms with Crippen molar-refractivity contribution in [2.45, 2.75) is 39.3 Å². The molecule has 1 fully saturated rings. The van der Waals surface area contributed by atoms with Gasteiger partial charge in [0.05, 0.1) is 13.2 Å². The number of hydrogen-bond acceptors (Lipinski definition) is 3. The van der Waals surface area contributed by atoms with Crippen LogP contribution in [0.4, 0.5) is 0 Å². The Morgan fingerprint density at radius 3 is 2.84 bits per heavy atom. The number of methoxy groups -OCH3 is 1. The van der Waals surface area contributed by atoms with Crippen molar-refractivity contribution >= 4 is 29.9 Å². The van der Waals surface area contributed by atoms with Crippen molar-refractivity contribution in [1.82, 2.24) is 15.5 Å². The van der Waals surface area contributed by atoms with E-state index < -0.39 is 0 Å². The lowest BCUT2D eigenvalue weighted by Crippen LogP contribution is -2.45. The first-order chi connectivity index (χ1) is 11.7. The van der Waals surface area contributed by atoms with Gasteiger partial charge in [-0.2, -0.15) is 0 Å². The van der Waals surface area contributed by atoms with Gasteiger partial charge < -0.3 is 15.4 Å². The average molecular weight is 460 g/mol. The van der Waals surface area contributed by atoms with Gasteiger partial charge in [0.2, 0.25) is 0 Å². The summed E-state index contributed by atoms with van der Waals surface area (Å²) in [7, 11) is 1.77. The van der Waals surface area contributed by atoms with Crippen LogP contribution in [-0.4, -0.2) is 56.8 Å². The Labute approximate surface area is 169 Å². The fourth-order valence-electron chi connectivity index (χ4n) is 3.14. The van der Waals surface area contributed by atoms with Crippen molar-refractivity contribution in [3.05, 3.63) is 35.4 Å². The van der Waals surface area contributed by atoms with Crippen molar-refractivity contribution in [3.63, 3.8) is 0 Å². The Morgan fingerprint density at radius 2 is 2.12 bits per heavy atom. The molecule has 1 aliphatic rings. The summed E-state index contributed by atoms with van der Waals surface area (Å²) in [6.07, 6.45) is 2.51. The van der Waals surface area contributed by atoms with Crippen LogP contribution in [0.15, 0.2) is 29.3 Å². The van der Waals surface area contributed by atoms with E-state index in [1.165, 1.54) is 30.5 Å². The number of aryl methyl sites for hydroxylation is 1. The number of rotatable bonds is 8. The second kappa shape index (κ2) is 12.5. The zero-order valence-corrected chi connectivity index (χ0v) is 18.1. The Kier molecular flexibility index (Phi) is 11.1. The number of likely N-dealkylation sites (tertiary alicyclic amines) is 1. The molecule has 5 nitrogen and oxygen atoms in total. The fourth-order valence-corrected chi connectivity index (χ4v) is 3.14. The Morgan fingerprint density at radius 1 is 1.32 bits per heavy atom. The van der Waals surface area contributed by atoms with Gasteiger partial charge in [-0.1, -0.05) is 24.3 Å². The molecule has 1 saturated heterocycles. The van der Waals surface area contributed by atoms with E-state index in [-0.39, 0.29) is 24.0 Å². The molecule has 0 bridgehead atoms. The summed E-state index contributed by atoms with van der Waals surface area (Å²) in [5.41, 5.74) is 2.57. The third-order valence-electron chi connectivity index (χ3n) is 4.60. The summed E-state index contributed by atoms with van der Waals surface area (Å²) in [5.74, 6) is 0.902. The van der Waals surface area contributed by atoms with Crippen LogP contribution in [0.1, 0.15) is 30.9 Å². The lowest BCUT2D eigenvalue weighted by molar-refractivity contribution is 0.141. The highest BCUT2D eigenvalue weighted by Gasteiger charge is 2.23. The van der Waals surface area contributed by atoms with Gasteiger partial charge in [0.15, 0.2) is 5.96 Å². The number of hydrogen-bond donors (Lipinski definition) is 2. The summed E-state index contributed by atoms with van der Waals surface area (Å²) in [6.45, 7) is 9.74. The van der Waals surface area contributed by atoms with Gasteiger partial charge in [0, 0.05) is 32.8 Å². The van der Waals surface area contributed by atoms with E-state index in [2.05, 4.69) is 53.6 Å². The first-order valence-electron chi connectivity index (χ1n) is 9.04. The highest BCUT2D eigenvalue weighted by molar-refractivity contribution is 14.0. The van der Waals surface area contributed by atoms with Crippen LogP contribution in [0.25, 0.3) is 0 Å². The molecule has 1 heterocycles. The SMILES string of the molecule is CCNC(=NCc1ccccc1C)NCC1CCCN1CCOC.I. The minimum absolute atomic E-state index is 0. The maximum atomic E-state index is 5.22. The summed E-state index contributed by atoms with van der Waals surface area (Å²) >= 11 is 0. The molecule has 1 aromatic carbocycles. The van der Waals surface area contributed by atoms with Crippen LogP contribution in [0.5, 0.6) is 0 Å². The van der Waals surface area contributed by atoms with E-state index in [1.54, 1.807) is 7.11 Å². The Hall–Kier alpha value is -0.860.